The number of benzene rings is 6. The summed E-state index contributed by atoms with van der Waals surface area (Å²) in [6, 6.07) is 53.6. The largest absolute Gasteiger partial charge is 0.508 e. The molecule has 0 radical (unpaired) electrons. The van der Waals surface area contributed by atoms with Crippen molar-refractivity contribution in [1.82, 2.24) is 0 Å². The van der Waals surface area contributed by atoms with Crippen molar-refractivity contribution < 1.29 is 5.11 Å². The third kappa shape index (κ3) is 3.22. The van der Waals surface area contributed by atoms with E-state index < -0.39 is 0 Å². The Morgan fingerprint density at radius 1 is 0.360 bits per heavy atom. The standard InChI is InChI=1S/C49H40O/c50-44-23-11-20-41-38-17-6-3-14-35(38)32-27-48-25-30(33-12-1-4-15-36(33)39-18-7-9-21-42(39)48)24-47-26-31(28-49(29-32,45(41)44)46(47)48)34-13-2-5-16-37(34)40-19-8-10-22-43(40)47/h1-23,30-32,46,50H,24-29H2. The van der Waals surface area contributed by atoms with Crippen molar-refractivity contribution in [3.05, 3.63) is 173 Å². The van der Waals surface area contributed by atoms with Crippen LogP contribution < -0.4 is 0 Å². The van der Waals surface area contributed by atoms with E-state index in [9.17, 15) is 5.11 Å². The molecule has 6 aromatic carbocycles. The van der Waals surface area contributed by atoms with Gasteiger partial charge < -0.3 is 5.11 Å². The summed E-state index contributed by atoms with van der Waals surface area (Å²) in [5.74, 6) is 2.06. The molecule has 0 amide bonds. The quantitative estimate of drug-likeness (QED) is 0.174. The van der Waals surface area contributed by atoms with Crippen molar-refractivity contribution in [2.45, 2.75) is 72.5 Å². The molecule has 1 nitrogen and oxygen atoms in total. The van der Waals surface area contributed by atoms with Crippen molar-refractivity contribution in [1.29, 1.82) is 0 Å². The van der Waals surface area contributed by atoms with E-state index in [4.69, 9.17) is 0 Å². The van der Waals surface area contributed by atoms with Gasteiger partial charge in [-0.15, -0.1) is 0 Å². The fourth-order valence-corrected chi connectivity index (χ4v) is 14.0. The highest BCUT2D eigenvalue weighted by Gasteiger charge is 2.72. The Bertz CT molecular complexity index is 2370. The summed E-state index contributed by atoms with van der Waals surface area (Å²) in [4.78, 5) is 0. The second-order valence-corrected chi connectivity index (χ2v) is 16.8. The number of hydrogen-bond acceptors (Lipinski definition) is 1. The van der Waals surface area contributed by atoms with E-state index in [1.54, 1.807) is 11.1 Å². The lowest BCUT2D eigenvalue weighted by Gasteiger charge is -2.70. The normalized spacial score (nSPS) is 31.4. The summed E-state index contributed by atoms with van der Waals surface area (Å²) in [5, 5.41) is 12.5. The number of fused-ring (bicyclic) bond motifs is 15. The summed E-state index contributed by atoms with van der Waals surface area (Å²) in [6.45, 7) is 0. The molecule has 50 heavy (non-hydrogen) atoms. The van der Waals surface area contributed by atoms with E-state index in [1.165, 1.54) is 55.6 Å². The fourth-order valence-electron chi connectivity index (χ4n) is 14.0. The Morgan fingerprint density at radius 3 is 1.20 bits per heavy atom. The zero-order chi connectivity index (χ0) is 32.8. The maximum atomic E-state index is 12.5. The van der Waals surface area contributed by atoms with Gasteiger partial charge in [0.15, 0.2) is 0 Å². The Labute approximate surface area is 294 Å². The molecule has 6 aromatic rings. The zero-order valence-corrected chi connectivity index (χ0v) is 28.3. The maximum absolute atomic E-state index is 12.5. The lowest BCUT2D eigenvalue weighted by atomic mass is 9.32. The number of phenols is 1. The van der Waals surface area contributed by atoms with Crippen LogP contribution in [-0.2, 0) is 16.2 Å². The Balaban J connectivity index is 1.29. The fraction of sp³-hybridized carbons (Fsp3) is 0.265. The van der Waals surface area contributed by atoms with Crippen LogP contribution in [0.1, 0.15) is 89.7 Å². The molecule has 0 heterocycles. The molecule has 242 valence electrons. The molecule has 3 fully saturated rings. The lowest BCUT2D eigenvalue weighted by Crippen LogP contribution is -2.67. The van der Waals surface area contributed by atoms with E-state index >= 15 is 0 Å². The summed E-state index contributed by atoms with van der Waals surface area (Å²) in [5.41, 5.74) is 16.9. The summed E-state index contributed by atoms with van der Waals surface area (Å²) in [6.07, 6.45) is 6.78. The lowest BCUT2D eigenvalue weighted by molar-refractivity contribution is -0.0794. The highest BCUT2D eigenvalue weighted by molar-refractivity contribution is 5.82. The van der Waals surface area contributed by atoms with Crippen molar-refractivity contribution in [3.63, 3.8) is 0 Å². The van der Waals surface area contributed by atoms with Gasteiger partial charge in [-0.05, 0) is 129 Å². The molecule has 6 bridgehead atoms. The summed E-state index contributed by atoms with van der Waals surface area (Å²) < 4.78 is 0. The molecule has 3 saturated carbocycles. The first-order valence-corrected chi connectivity index (χ1v) is 18.9. The van der Waals surface area contributed by atoms with Crippen LogP contribution in [0.2, 0.25) is 0 Å². The van der Waals surface area contributed by atoms with Crippen LogP contribution in [-0.4, -0.2) is 5.11 Å². The van der Waals surface area contributed by atoms with Crippen LogP contribution in [0.25, 0.3) is 33.4 Å². The van der Waals surface area contributed by atoms with E-state index in [0.29, 0.717) is 29.4 Å². The van der Waals surface area contributed by atoms with Gasteiger partial charge in [-0.2, -0.15) is 0 Å². The van der Waals surface area contributed by atoms with Crippen molar-refractivity contribution >= 4 is 0 Å². The predicted molar refractivity (Wildman–Crippen MR) is 202 cm³/mol. The maximum Gasteiger partial charge on any atom is 0.119 e. The minimum Gasteiger partial charge on any atom is -0.508 e. The third-order valence-corrected chi connectivity index (χ3v) is 14.9. The van der Waals surface area contributed by atoms with Gasteiger partial charge in [-0.25, -0.2) is 0 Å². The average molecular weight is 645 g/mol. The number of rotatable bonds is 0. The van der Waals surface area contributed by atoms with E-state index in [-0.39, 0.29) is 16.2 Å². The average Bonchev–Trinajstić information content (AvgIpc) is 3.36. The second kappa shape index (κ2) is 9.46. The molecule has 12 rings (SSSR count). The molecular formula is C49H40O. The molecule has 6 aliphatic rings. The van der Waals surface area contributed by atoms with Gasteiger partial charge in [0.2, 0.25) is 0 Å². The number of hydrogen-bond donors (Lipinski definition) is 1. The first kappa shape index (κ1) is 27.9. The van der Waals surface area contributed by atoms with Crippen LogP contribution >= 0.6 is 0 Å². The van der Waals surface area contributed by atoms with Crippen LogP contribution in [0.4, 0.5) is 0 Å². The smallest absolute Gasteiger partial charge is 0.119 e. The Morgan fingerprint density at radius 2 is 0.720 bits per heavy atom. The number of aromatic hydroxyl groups is 1. The van der Waals surface area contributed by atoms with Gasteiger partial charge in [-0.3, -0.25) is 0 Å². The summed E-state index contributed by atoms with van der Waals surface area (Å²) >= 11 is 0. The van der Waals surface area contributed by atoms with Crippen LogP contribution in [0.15, 0.2) is 140 Å². The first-order chi connectivity index (χ1) is 24.6. The molecule has 0 aromatic heterocycles. The molecule has 7 atom stereocenters. The van der Waals surface area contributed by atoms with Gasteiger partial charge in [0.25, 0.3) is 0 Å². The zero-order valence-electron chi connectivity index (χ0n) is 28.3. The molecule has 3 spiro atoms. The molecule has 0 aliphatic heterocycles. The van der Waals surface area contributed by atoms with E-state index in [2.05, 4.69) is 133 Å². The topological polar surface area (TPSA) is 20.2 Å². The van der Waals surface area contributed by atoms with E-state index in [0.717, 1.165) is 38.5 Å². The van der Waals surface area contributed by atoms with Gasteiger partial charge in [0.05, 0.1) is 0 Å². The summed E-state index contributed by atoms with van der Waals surface area (Å²) in [7, 11) is 0. The minimum absolute atomic E-state index is 0.0763. The first-order valence-electron chi connectivity index (χ1n) is 18.9. The van der Waals surface area contributed by atoms with E-state index in [1.807, 2.05) is 6.07 Å². The Hall–Kier alpha value is -4.88. The van der Waals surface area contributed by atoms with Crippen LogP contribution in [0.5, 0.6) is 5.75 Å². The van der Waals surface area contributed by atoms with Crippen molar-refractivity contribution in [2.24, 2.45) is 5.92 Å². The Kier molecular flexibility index (Phi) is 5.28. The highest BCUT2D eigenvalue weighted by Crippen LogP contribution is 2.79. The predicted octanol–water partition coefficient (Wildman–Crippen LogP) is 11.8. The van der Waals surface area contributed by atoms with Gasteiger partial charge >= 0.3 is 0 Å². The molecule has 7 unspecified atom stereocenters. The van der Waals surface area contributed by atoms with Crippen molar-refractivity contribution in [3.8, 4) is 39.1 Å². The van der Waals surface area contributed by atoms with Gasteiger partial charge in [0, 0.05) is 21.8 Å². The molecule has 0 saturated heterocycles. The molecular weight excluding hydrogens is 605 g/mol. The van der Waals surface area contributed by atoms with Crippen LogP contribution in [0.3, 0.4) is 0 Å². The highest BCUT2D eigenvalue weighted by atomic mass is 16.3. The molecule has 1 N–H and O–H groups in total. The number of phenolic OH excluding ortho intramolecular Hbond substituents is 1. The van der Waals surface area contributed by atoms with Gasteiger partial charge in [-0.1, -0.05) is 133 Å². The second-order valence-electron chi connectivity index (χ2n) is 16.8. The monoisotopic (exact) mass is 644 g/mol. The SMILES string of the molecule is Oc1cccc2c1C13CC4CC5(CC6CC(CC(C1)c1ccccc1-2)(c1ccccc1-c1ccccc16)C53)c1ccccc1-c1ccccc14. The van der Waals surface area contributed by atoms with Crippen LogP contribution in [0, 0.1) is 5.92 Å². The van der Waals surface area contributed by atoms with Crippen molar-refractivity contribution in [2.75, 3.05) is 0 Å². The molecule has 6 aliphatic carbocycles. The minimum atomic E-state index is -0.218. The third-order valence-electron chi connectivity index (χ3n) is 14.9. The van der Waals surface area contributed by atoms with Gasteiger partial charge in [0.1, 0.15) is 5.75 Å². The molecule has 1 heteroatoms.